The standard InChI is InChI=1S/C14H27NO2/c1-4-12(16)7-10-15-13(17)11-5-8-14(2,3)9-6-11/h11-12,16H,4-10H2,1-3H3,(H,15,17). The fourth-order valence-corrected chi connectivity index (χ4v) is 2.37. The zero-order valence-electron chi connectivity index (χ0n) is 11.5. The number of rotatable bonds is 5. The van der Waals surface area contributed by atoms with Crippen LogP contribution in [0.1, 0.15) is 59.3 Å². The van der Waals surface area contributed by atoms with Crippen molar-refractivity contribution < 1.29 is 9.90 Å². The van der Waals surface area contributed by atoms with Crippen LogP contribution in [0.25, 0.3) is 0 Å². The van der Waals surface area contributed by atoms with Gasteiger partial charge >= 0.3 is 0 Å². The molecule has 0 saturated heterocycles. The molecule has 0 bridgehead atoms. The zero-order valence-corrected chi connectivity index (χ0v) is 11.5. The average molecular weight is 241 g/mol. The van der Waals surface area contributed by atoms with E-state index in [1.807, 2.05) is 6.92 Å². The van der Waals surface area contributed by atoms with Crippen LogP contribution in [-0.2, 0) is 4.79 Å². The summed E-state index contributed by atoms with van der Waals surface area (Å²) in [6.07, 6.45) is 5.45. The summed E-state index contributed by atoms with van der Waals surface area (Å²) < 4.78 is 0. The lowest BCUT2D eigenvalue weighted by Gasteiger charge is -2.33. The summed E-state index contributed by atoms with van der Waals surface area (Å²) in [4.78, 5) is 11.9. The lowest BCUT2D eigenvalue weighted by atomic mass is 9.73. The third kappa shape index (κ3) is 5.07. The van der Waals surface area contributed by atoms with Gasteiger partial charge in [-0.3, -0.25) is 4.79 Å². The van der Waals surface area contributed by atoms with Crippen molar-refractivity contribution in [3.8, 4) is 0 Å². The second-order valence-corrected chi connectivity index (χ2v) is 6.08. The minimum absolute atomic E-state index is 0.184. The molecule has 1 fully saturated rings. The zero-order chi connectivity index (χ0) is 12.9. The molecule has 0 radical (unpaired) electrons. The maximum absolute atomic E-state index is 11.9. The number of aliphatic hydroxyl groups is 1. The average Bonchev–Trinajstić information content (AvgIpc) is 2.28. The topological polar surface area (TPSA) is 49.3 Å². The molecule has 2 N–H and O–H groups in total. The highest BCUT2D eigenvalue weighted by Gasteiger charge is 2.30. The van der Waals surface area contributed by atoms with Gasteiger partial charge < -0.3 is 10.4 Å². The predicted molar refractivity (Wildman–Crippen MR) is 69.7 cm³/mol. The van der Waals surface area contributed by atoms with E-state index in [9.17, 15) is 9.90 Å². The number of aliphatic hydroxyl groups excluding tert-OH is 1. The van der Waals surface area contributed by atoms with Gasteiger partial charge in [0.05, 0.1) is 6.10 Å². The van der Waals surface area contributed by atoms with Gasteiger partial charge in [0, 0.05) is 12.5 Å². The first-order chi connectivity index (χ1) is 7.94. The Kier molecular flexibility index (Phi) is 5.44. The first kappa shape index (κ1) is 14.5. The molecular formula is C14H27NO2. The fraction of sp³-hybridized carbons (Fsp3) is 0.929. The molecule has 1 atom stereocenters. The Bertz CT molecular complexity index is 241. The van der Waals surface area contributed by atoms with Gasteiger partial charge in [-0.2, -0.15) is 0 Å². The van der Waals surface area contributed by atoms with E-state index in [2.05, 4.69) is 19.2 Å². The van der Waals surface area contributed by atoms with Crippen molar-refractivity contribution in [3.63, 3.8) is 0 Å². The second kappa shape index (κ2) is 6.39. The van der Waals surface area contributed by atoms with E-state index in [4.69, 9.17) is 0 Å². The quantitative estimate of drug-likeness (QED) is 0.777. The SMILES string of the molecule is CCC(O)CCNC(=O)C1CCC(C)(C)CC1. The number of carbonyl (C=O) groups is 1. The molecule has 0 aromatic carbocycles. The van der Waals surface area contributed by atoms with Gasteiger partial charge in [-0.25, -0.2) is 0 Å². The molecule has 1 aliphatic rings. The van der Waals surface area contributed by atoms with E-state index < -0.39 is 0 Å². The van der Waals surface area contributed by atoms with Crippen LogP contribution in [0.3, 0.4) is 0 Å². The number of hydrogen-bond donors (Lipinski definition) is 2. The smallest absolute Gasteiger partial charge is 0.223 e. The molecule has 1 unspecified atom stereocenters. The molecule has 17 heavy (non-hydrogen) atoms. The molecule has 1 rings (SSSR count). The molecule has 0 heterocycles. The van der Waals surface area contributed by atoms with Crippen molar-refractivity contribution in [2.24, 2.45) is 11.3 Å². The minimum atomic E-state index is -0.277. The molecule has 1 aliphatic carbocycles. The van der Waals surface area contributed by atoms with Crippen molar-refractivity contribution in [2.75, 3.05) is 6.54 Å². The van der Waals surface area contributed by atoms with Crippen LogP contribution in [0, 0.1) is 11.3 Å². The van der Waals surface area contributed by atoms with Crippen molar-refractivity contribution in [1.82, 2.24) is 5.32 Å². The van der Waals surface area contributed by atoms with Gasteiger partial charge in [-0.05, 0) is 43.9 Å². The first-order valence-electron chi connectivity index (χ1n) is 6.90. The molecule has 100 valence electrons. The van der Waals surface area contributed by atoms with Crippen LogP contribution in [0.4, 0.5) is 0 Å². The third-order valence-corrected chi connectivity index (χ3v) is 3.96. The Labute approximate surface area is 105 Å². The molecule has 0 spiro atoms. The number of amides is 1. The molecule has 1 amide bonds. The summed E-state index contributed by atoms with van der Waals surface area (Å²) in [5, 5.41) is 12.3. The predicted octanol–water partition coefficient (Wildman–Crippen LogP) is 2.48. The van der Waals surface area contributed by atoms with Crippen LogP contribution in [-0.4, -0.2) is 23.7 Å². The van der Waals surface area contributed by atoms with Crippen molar-refractivity contribution in [1.29, 1.82) is 0 Å². The maximum Gasteiger partial charge on any atom is 0.223 e. The fourth-order valence-electron chi connectivity index (χ4n) is 2.37. The Morgan fingerprint density at radius 3 is 2.53 bits per heavy atom. The van der Waals surface area contributed by atoms with E-state index in [1.54, 1.807) is 0 Å². The Balaban J connectivity index is 2.21. The molecule has 3 nitrogen and oxygen atoms in total. The van der Waals surface area contributed by atoms with Crippen LogP contribution < -0.4 is 5.32 Å². The lowest BCUT2D eigenvalue weighted by Crippen LogP contribution is -2.36. The van der Waals surface area contributed by atoms with Gasteiger partial charge in [-0.15, -0.1) is 0 Å². The molecular weight excluding hydrogens is 214 g/mol. The van der Waals surface area contributed by atoms with Gasteiger partial charge in [-0.1, -0.05) is 20.8 Å². The Morgan fingerprint density at radius 1 is 1.41 bits per heavy atom. The van der Waals surface area contributed by atoms with E-state index in [-0.39, 0.29) is 17.9 Å². The summed E-state index contributed by atoms with van der Waals surface area (Å²) in [5.41, 5.74) is 0.412. The monoisotopic (exact) mass is 241 g/mol. The number of hydrogen-bond acceptors (Lipinski definition) is 2. The minimum Gasteiger partial charge on any atom is -0.393 e. The number of nitrogens with one attached hydrogen (secondary N) is 1. The van der Waals surface area contributed by atoms with E-state index in [0.29, 0.717) is 18.4 Å². The van der Waals surface area contributed by atoms with Crippen LogP contribution in [0.15, 0.2) is 0 Å². The van der Waals surface area contributed by atoms with Crippen molar-refractivity contribution >= 4 is 5.91 Å². The maximum atomic E-state index is 11.9. The highest BCUT2D eigenvalue weighted by atomic mass is 16.3. The number of carbonyl (C=O) groups excluding carboxylic acids is 1. The van der Waals surface area contributed by atoms with Gasteiger partial charge in [0.15, 0.2) is 0 Å². The highest BCUT2D eigenvalue weighted by Crippen LogP contribution is 2.37. The lowest BCUT2D eigenvalue weighted by molar-refractivity contribution is -0.126. The summed E-state index contributed by atoms with van der Waals surface area (Å²) in [6.45, 7) is 7.11. The molecule has 1 saturated carbocycles. The van der Waals surface area contributed by atoms with E-state index in [0.717, 1.165) is 32.1 Å². The molecule has 3 heteroatoms. The van der Waals surface area contributed by atoms with E-state index >= 15 is 0 Å². The normalized spacial score (nSPS) is 22.1. The summed E-state index contributed by atoms with van der Waals surface area (Å²) in [6, 6.07) is 0. The third-order valence-electron chi connectivity index (χ3n) is 3.96. The van der Waals surface area contributed by atoms with Gasteiger partial charge in [0.1, 0.15) is 0 Å². The molecule has 0 aromatic rings. The van der Waals surface area contributed by atoms with Crippen molar-refractivity contribution in [2.45, 2.75) is 65.4 Å². The Hall–Kier alpha value is -0.570. The van der Waals surface area contributed by atoms with Crippen molar-refractivity contribution in [3.05, 3.63) is 0 Å². The summed E-state index contributed by atoms with van der Waals surface area (Å²) >= 11 is 0. The summed E-state index contributed by atoms with van der Waals surface area (Å²) in [5.74, 6) is 0.380. The molecule has 0 aliphatic heterocycles. The highest BCUT2D eigenvalue weighted by molar-refractivity contribution is 5.78. The van der Waals surface area contributed by atoms with Gasteiger partial charge in [0.25, 0.3) is 0 Å². The Morgan fingerprint density at radius 2 is 2.00 bits per heavy atom. The van der Waals surface area contributed by atoms with Crippen LogP contribution in [0.5, 0.6) is 0 Å². The van der Waals surface area contributed by atoms with Crippen LogP contribution >= 0.6 is 0 Å². The molecule has 0 aromatic heterocycles. The van der Waals surface area contributed by atoms with Crippen LogP contribution in [0.2, 0.25) is 0 Å². The van der Waals surface area contributed by atoms with Gasteiger partial charge in [0.2, 0.25) is 5.91 Å². The van der Waals surface area contributed by atoms with E-state index in [1.165, 1.54) is 0 Å². The largest absolute Gasteiger partial charge is 0.393 e. The second-order valence-electron chi connectivity index (χ2n) is 6.08. The first-order valence-corrected chi connectivity index (χ1v) is 6.90. The summed E-state index contributed by atoms with van der Waals surface area (Å²) in [7, 11) is 0.